The molecule has 0 spiro atoms. The van der Waals surface area contributed by atoms with E-state index in [0.717, 1.165) is 19.3 Å². The highest BCUT2D eigenvalue weighted by Gasteiger charge is 2.23. The van der Waals surface area contributed by atoms with Gasteiger partial charge in [-0.25, -0.2) is 4.98 Å². The minimum absolute atomic E-state index is 0.0498. The van der Waals surface area contributed by atoms with E-state index in [1.54, 1.807) is 0 Å². The zero-order valence-corrected chi connectivity index (χ0v) is 13.9. The molecule has 0 aliphatic heterocycles. The van der Waals surface area contributed by atoms with Gasteiger partial charge in [-0.2, -0.15) is 4.98 Å². The molecule has 0 amide bonds. The highest BCUT2D eigenvalue weighted by atomic mass is 16.4. The molecule has 23 heavy (non-hydrogen) atoms. The van der Waals surface area contributed by atoms with Crippen LogP contribution in [0.15, 0.2) is 11.4 Å². The van der Waals surface area contributed by atoms with E-state index >= 15 is 0 Å². The van der Waals surface area contributed by atoms with Gasteiger partial charge < -0.3 is 26.7 Å². The lowest BCUT2D eigenvalue weighted by molar-refractivity contribution is 0.124. The van der Waals surface area contributed by atoms with E-state index in [2.05, 4.69) is 25.8 Å². The molecule has 0 saturated heterocycles. The van der Waals surface area contributed by atoms with Crippen LogP contribution in [0.2, 0.25) is 0 Å². The van der Waals surface area contributed by atoms with Crippen molar-refractivity contribution < 1.29 is 10.3 Å². The highest BCUT2D eigenvalue weighted by Crippen LogP contribution is 2.24. The molecule has 2 rings (SSSR count). The summed E-state index contributed by atoms with van der Waals surface area (Å²) in [6, 6.07) is 0.0985. The molecule has 1 saturated carbocycles. The van der Waals surface area contributed by atoms with Crippen molar-refractivity contribution in [2.24, 2.45) is 10.9 Å². The van der Waals surface area contributed by atoms with Gasteiger partial charge in [0.25, 0.3) is 0 Å². The molecule has 2 unspecified atom stereocenters. The molecule has 0 bridgehead atoms. The summed E-state index contributed by atoms with van der Waals surface area (Å²) < 4.78 is 0. The molecule has 8 nitrogen and oxygen atoms in total. The fourth-order valence-corrected chi connectivity index (χ4v) is 2.62. The van der Waals surface area contributed by atoms with Crippen LogP contribution >= 0.6 is 0 Å². The number of anilines is 2. The molecule has 1 fully saturated rings. The van der Waals surface area contributed by atoms with Crippen LogP contribution < -0.4 is 16.4 Å². The molecule has 1 aliphatic carbocycles. The summed E-state index contributed by atoms with van der Waals surface area (Å²) >= 11 is 0. The summed E-state index contributed by atoms with van der Waals surface area (Å²) in [5.41, 5.74) is 5.97. The smallest absolute Gasteiger partial charge is 0.225 e. The summed E-state index contributed by atoms with van der Waals surface area (Å²) in [7, 11) is 0. The summed E-state index contributed by atoms with van der Waals surface area (Å²) in [6.45, 7) is 6.04. The fourth-order valence-electron chi connectivity index (χ4n) is 2.62. The number of rotatable bonds is 4. The molecular formula is C15H26N6O2. The molecule has 0 aromatic carbocycles. The van der Waals surface area contributed by atoms with Crippen molar-refractivity contribution in [2.75, 3.05) is 10.6 Å². The van der Waals surface area contributed by atoms with Gasteiger partial charge in [0.1, 0.15) is 5.82 Å². The van der Waals surface area contributed by atoms with Crippen molar-refractivity contribution in [1.82, 2.24) is 9.97 Å². The largest absolute Gasteiger partial charge is 0.409 e. The lowest BCUT2D eigenvalue weighted by atomic mass is 9.93. The van der Waals surface area contributed by atoms with E-state index in [-0.39, 0.29) is 23.5 Å². The van der Waals surface area contributed by atoms with Gasteiger partial charge in [-0.05, 0) is 46.5 Å². The van der Waals surface area contributed by atoms with Crippen LogP contribution in [0.4, 0.5) is 11.8 Å². The van der Waals surface area contributed by atoms with Gasteiger partial charge in [0.15, 0.2) is 5.84 Å². The number of nitrogens with one attached hydrogen (secondary N) is 2. The van der Waals surface area contributed by atoms with Crippen LogP contribution in [0.3, 0.4) is 0 Å². The quantitative estimate of drug-likeness (QED) is 0.246. The Morgan fingerprint density at radius 1 is 1.39 bits per heavy atom. The highest BCUT2D eigenvalue weighted by molar-refractivity contribution is 6.01. The van der Waals surface area contributed by atoms with Crippen LogP contribution in [-0.4, -0.2) is 43.8 Å². The van der Waals surface area contributed by atoms with E-state index in [0.29, 0.717) is 23.8 Å². The Balaban J connectivity index is 2.26. The first-order valence-corrected chi connectivity index (χ1v) is 7.86. The van der Waals surface area contributed by atoms with Crippen molar-refractivity contribution in [2.45, 2.75) is 64.1 Å². The third-order valence-corrected chi connectivity index (χ3v) is 3.65. The normalized spacial score (nSPS) is 22.7. The Kier molecular flexibility index (Phi) is 5.25. The van der Waals surface area contributed by atoms with E-state index in [9.17, 15) is 5.11 Å². The number of aliphatic hydroxyl groups is 1. The van der Waals surface area contributed by atoms with Crippen LogP contribution in [0.25, 0.3) is 0 Å². The van der Waals surface area contributed by atoms with E-state index < -0.39 is 0 Å². The Labute approximate surface area is 136 Å². The summed E-state index contributed by atoms with van der Waals surface area (Å²) in [5, 5.41) is 28.3. The Morgan fingerprint density at radius 2 is 2.13 bits per heavy atom. The van der Waals surface area contributed by atoms with Crippen LogP contribution in [0.1, 0.15) is 52.0 Å². The van der Waals surface area contributed by atoms with Crippen LogP contribution in [-0.2, 0) is 0 Å². The second-order valence-corrected chi connectivity index (χ2v) is 6.98. The average Bonchev–Trinajstić information content (AvgIpc) is 2.45. The van der Waals surface area contributed by atoms with E-state index in [4.69, 9.17) is 10.9 Å². The maximum absolute atomic E-state index is 9.82. The Bertz CT molecular complexity index is 570. The number of hydrogen-bond acceptors (Lipinski definition) is 7. The monoisotopic (exact) mass is 322 g/mol. The average molecular weight is 322 g/mol. The SMILES string of the molecule is CC(C)(C)Nc1ncc(/C(N)=N\O)c(NC2CCCC(O)C2)n1. The number of nitrogens with two attached hydrogens (primary N) is 1. The molecule has 1 aromatic heterocycles. The number of hydrogen-bond donors (Lipinski definition) is 5. The van der Waals surface area contributed by atoms with Gasteiger partial charge in [0.2, 0.25) is 5.95 Å². The molecule has 8 heteroatoms. The number of oxime groups is 1. The lowest BCUT2D eigenvalue weighted by Gasteiger charge is -2.28. The maximum Gasteiger partial charge on any atom is 0.225 e. The van der Waals surface area contributed by atoms with E-state index in [1.807, 2.05) is 20.8 Å². The molecule has 1 heterocycles. The third-order valence-electron chi connectivity index (χ3n) is 3.65. The first-order chi connectivity index (χ1) is 10.8. The minimum Gasteiger partial charge on any atom is -0.409 e. The molecule has 2 atom stereocenters. The Hall–Kier alpha value is -2.09. The summed E-state index contributed by atoms with van der Waals surface area (Å²) in [4.78, 5) is 8.68. The molecule has 128 valence electrons. The van der Waals surface area contributed by atoms with Crippen LogP contribution in [0.5, 0.6) is 0 Å². The molecule has 1 aliphatic rings. The molecular weight excluding hydrogens is 296 g/mol. The third kappa shape index (κ3) is 4.95. The first-order valence-electron chi connectivity index (χ1n) is 7.86. The van der Waals surface area contributed by atoms with Gasteiger partial charge in [-0.15, -0.1) is 0 Å². The summed E-state index contributed by atoms with van der Waals surface area (Å²) in [6.07, 6.45) is 4.60. The van der Waals surface area contributed by atoms with Crippen molar-refractivity contribution >= 4 is 17.6 Å². The van der Waals surface area contributed by atoms with Gasteiger partial charge in [0.05, 0.1) is 11.7 Å². The van der Waals surface area contributed by atoms with E-state index in [1.165, 1.54) is 6.20 Å². The van der Waals surface area contributed by atoms with Crippen molar-refractivity contribution in [3.8, 4) is 0 Å². The van der Waals surface area contributed by atoms with Gasteiger partial charge in [0, 0.05) is 17.8 Å². The minimum atomic E-state index is -0.303. The first kappa shape index (κ1) is 17.3. The zero-order chi connectivity index (χ0) is 17.0. The number of amidine groups is 1. The topological polar surface area (TPSA) is 129 Å². The standard InChI is InChI=1S/C15H26N6O2/c1-15(2,3)20-14-17-8-11(12(16)21-23)13(19-14)18-9-5-4-6-10(22)7-9/h8-10,22-23H,4-7H2,1-3H3,(H2,16,21)(H2,17,18,19,20). The van der Waals surface area contributed by atoms with Gasteiger partial charge in [-0.3, -0.25) is 0 Å². The molecule has 1 aromatic rings. The second-order valence-electron chi connectivity index (χ2n) is 6.98. The second kappa shape index (κ2) is 6.99. The van der Waals surface area contributed by atoms with Crippen molar-refractivity contribution in [3.63, 3.8) is 0 Å². The number of aromatic nitrogens is 2. The number of nitrogens with zero attached hydrogens (tertiary/aromatic N) is 3. The number of aliphatic hydroxyl groups excluding tert-OH is 1. The van der Waals surface area contributed by atoms with Crippen LogP contribution in [0, 0.1) is 0 Å². The van der Waals surface area contributed by atoms with Crippen molar-refractivity contribution in [3.05, 3.63) is 11.8 Å². The zero-order valence-electron chi connectivity index (χ0n) is 13.9. The maximum atomic E-state index is 9.82. The lowest BCUT2D eigenvalue weighted by Crippen LogP contribution is -2.32. The Morgan fingerprint density at radius 3 is 2.74 bits per heavy atom. The predicted octanol–water partition coefficient (Wildman–Crippen LogP) is 1.50. The summed E-state index contributed by atoms with van der Waals surface area (Å²) in [5.74, 6) is 0.915. The van der Waals surface area contributed by atoms with Gasteiger partial charge in [-0.1, -0.05) is 5.16 Å². The molecule has 0 radical (unpaired) electrons. The predicted molar refractivity (Wildman–Crippen MR) is 89.8 cm³/mol. The molecule has 6 N–H and O–H groups in total. The fraction of sp³-hybridized carbons (Fsp3) is 0.667. The van der Waals surface area contributed by atoms with Gasteiger partial charge >= 0.3 is 0 Å². The van der Waals surface area contributed by atoms with Crippen molar-refractivity contribution in [1.29, 1.82) is 0 Å².